The molecule has 1 amide bonds. The molecule has 2 aromatic carbocycles. The Balaban J connectivity index is 1.70. The summed E-state index contributed by atoms with van der Waals surface area (Å²) < 4.78 is 7.39. The smallest absolute Gasteiger partial charge is 0.281 e. The lowest BCUT2D eigenvalue weighted by Crippen LogP contribution is -2.31. The molecule has 0 N–H and O–H groups in total. The van der Waals surface area contributed by atoms with Crippen molar-refractivity contribution in [2.24, 2.45) is 5.16 Å². The van der Waals surface area contributed by atoms with Crippen molar-refractivity contribution in [3.8, 4) is 0 Å². The van der Waals surface area contributed by atoms with Gasteiger partial charge in [0.05, 0.1) is 23.3 Å². The van der Waals surface area contributed by atoms with Gasteiger partial charge in [-0.1, -0.05) is 35.5 Å². The minimum atomic E-state index is -0.174. The number of methoxy groups -OCH3 is 1. The molecule has 30 heavy (non-hydrogen) atoms. The predicted octanol–water partition coefficient (Wildman–Crippen LogP) is 3.75. The second-order valence-electron chi connectivity index (χ2n) is 7.52. The summed E-state index contributed by atoms with van der Waals surface area (Å²) in [5.41, 5.74) is 3.91. The number of imidazole rings is 1. The molecule has 2 heterocycles. The van der Waals surface area contributed by atoms with Gasteiger partial charge in [-0.3, -0.25) is 9.69 Å². The lowest BCUT2D eigenvalue weighted by molar-refractivity contribution is -0.112. The summed E-state index contributed by atoms with van der Waals surface area (Å²) in [6.45, 7) is 5.56. The number of amides is 1. The van der Waals surface area contributed by atoms with E-state index in [9.17, 15) is 4.79 Å². The third-order valence-electron chi connectivity index (χ3n) is 5.02. The minimum absolute atomic E-state index is 0.100. The number of rotatable bonds is 8. The first-order chi connectivity index (χ1) is 14.6. The maximum absolute atomic E-state index is 13.2. The number of benzene rings is 2. The van der Waals surface area contributed by atoms with Crippen molar-refractivity contribution >= 4 is 28.3 Å². The predicted molar refractivity (Wildman–Crippen MR) is 117 cm³/mol. The fraction of sp³-hybridized carbons (Fsp3) is 0.348. The Morgan fingerprint density at radius 3 is 2.67 bits per heavy atom. The first-order valence-corrected chi connectivity index (χ1v) is 10.2. The van der Waals surface area contributed by atoms with Gasteiger partial charge in [-0.15, -0.1) is 0 Å². The van der Waals surface area contributed by atoms with Gasteiger partial charge in [-0.05, 0) is 38.5 Å². The van der Waals surface area contributed by atoms with Crippen LogP contribution in [-0.2, 0) is 27.5 Å². The van der Waals surface area contributed by atoms with Crippen LogP contribution in [0.3, 0.4) is 0 Å². The van der Waals surface area contributed by atoms with Gasteiger partial charge in [0.2, 0.25) is 0 Å². The van der Waals surface area contributed by atoms with Crippen LogP contribution >= 0.6 is 0 Å². The number of aromatic nitrogens is 2. The Kier molecular flexibility index (Phi) is 5.81. The number of fused-ring (bicyclic) bond motifs is 2. The number of para-hydroxylation sites is 3. The standard InChI is InChI=1S/C23H26N4O3/c1-16(2)30-25-22-17-9-4-6-11-19(17)27(23(22)28)15-21-24-18-10-5-7-12-20(18)26(21)13-8-14-29-3/h4-7,9-12,16H,8,13-15H2,1-3H3/b25-22+. The summed E-state index contributed by atoms with van der Waals surface area (Å²) in [5.74, 6) is 0.661. The highest BCUT2D eigenvalue weighted by Gasteiger charge is 2.35. The van der Waals surface area contributed by atoms with Gasteiger partial charge in [0, 0.05) is 25.8 Å². The van der Waals surface area contributed by atoms with E-state index >= 15 is 0 Å². The first-order valence-electron chi connectivity index (χ1n) is 10.2. The number of carbonyl (C=O) groups is 1. The fourth-order valence-electron chi connectivity index (χ4n) is 3.67. The highest BCUT2D eigenvalue weighted by Crippen LogP contribution is 2.31. The van der Waals surface area contributed by atoms with E-state index in [0.29, 0.717) is 18.9 Å². The second kappa shape index (κ2) is 8.67. The number of ether oxygens (including phenoxy) is 1. The Morgan fingerprint density at radius 1 is 1.10 bits per heavy atom. The maximum atomic E-state index is 13.2. The number of anilines is 1. The highest BCUT2D eigenvalue weighted by molar-refractivity contribution is 6.54. The topological polar surface area (TPSA) is 69.0 Å². The van der Waals surface area contributed by atoms with E-state index in [1.54, 1.807) is 12.0 Å². The number of carbonyl (C=O) groups excluding carboxylic acids is 1. The van der Waals surface area contributed by atoms with Gasteiger partial charge in [-0.25, -0.2) is 4.98 Å². The minimum Gasteiger partial charge on any atom is -0.392 e. The molecule has 7 heteroatoms. The van der Waals surface area contributed by atoms with Crippen molar-refractivity contribution in [3.05, 3.63) is 59.9 Å². The van der Waals surface area contributed by atoms with E-state index in [0.717, 1.165) is 41.1 Å². The zero-order valence-electron chi connectivity index (χ0n) is 17.5. The van der Waals surface area contributed by atoms with Crippen LogP contribution in [-0.4, -0.2) is 41.0 Å². The van der Waals surface area contributed by atoms with Gasteiger partial charge >= 0.3 is 0 Å². The van der Waals surface area contributed by atoms with Gasteiger partial charge in [-0.2, -0.15) is 0 Å². The molecular weight excluding hydrogens is 380 g/mol. The summed E-state index contributed by atoms with van der Waals surface area (Å²) >= 11 is 0. The molecule has 0 bridgehead atoms. The van der Waals surface area contributed by atoms with Crippen molar-refractivity contribution < 1.29 is 14.4 Å². The summed E-state index contributed by atoms with van der Waals surface area (Å²) in [5, 5.41) is 4.14. The summed E-state index contributed by atoms with van der Waals surface area (Å²) in [6.07, 6.45) is 0.764. The van der Waals surface area contributed by atoms with Gasteiger partial charge in [0.25, 0.3) is 5.91 Å². The quantitative estimate of drug-likeness (QED) is 0.422. The van der Waals surface area contributed by atoms with Crippen LogP contribution in [0.2, 0.25) is 0 Å². The number of aryl methyl sites for hydroxylation is 1. The number of oxime groups is 1. The molecule has 0 saturated carbocycles. The monoisotopic (exact) mass is 406 g/mol. The van der Waals surface area contributed by atoms with E-state index in [4.69, 9.17) is 14.6 Å². The van der Waals surface area contributed by atoms with E-state index in [-0.39, 0.29) is 12.0 Å². The van der Waals surface area contributed by atoms with Crippen LogP contribution < -0.4 is 4.90 Å². The average Bonchev–Trinajstić information content (AvgIpc) is 3.22. The van der Waals surface area contributed by atoms with Crippen LogP contribution in [0.1, 0.15) is 31.7 Å². The Morgan fingerprint density at radius 2 is 1.87 bits per heavy atom. The largest absolute Gasteiger partial charge is 0.392 e. The molecule has 0 atom stereocenters. The Hall–Kier alpha value is -3.19. The molecule has 0 unspecified atom stereocenters. The molecule has 0 fully saturated rings. The van der Waals surface area contributed by atoms with Gasteiger partial charge in [0.1, 0.15) is 11.9 Å². The second-order valence-corrected chi connectivity index (χ2v) is 7.52. The van der Waals surface area contributed by atoms with E-state index in [1.807, 2.05) is 56.3 Å². The summed E-state index contributed by atoms with van der Waals surface area (Å²) in [7, 11) is 1.70. The molecular formula is C23H26N4O3. The highest BCUT2D eigenvalue weighted by atomic mass is 16.6. The zero-order valence-corrected chi connectivity index (χ0v) is 17.5. The molecule has 0 saturated heterocycles. The Labute approximate surface area is 175 Å². The van der Waals surface area contributed by atoms with E-state index in [2.05, 4.69) is 15.8 Å². The molecule has 0 spiro atoms. The molecule has 4 rings (SSSR count). The van der Waals surface area contributed by atoms with Crippen LogP contribution in [0, 0.1) is 0 Å². The van der Waals surface area contributed by atoms with Gasteiger partial charge in [0.15, 0.2) is 5.71 Å². The molecule has 7 nitrogen and oxygen atoms in total. The molecule has 0 radical (unpaired) electrons. The lowest BCUT2D eigenvalue weighted by atomic mass is 10.1. The number of hydrogen-bond acceptors (Lipinski definition) is 5. The van der Waals surface area contributed by atoms with Crippen molar-refractivity contribution in [2.45, 2.75) is 39.5 Å². The van der Waals surface area contributed by atoms with Crippen molar-refractivity contribution in [2.75, 3.05) is 18.6 Å². The number of hydrogen-bond donors (Lipinski definition) is 0. The fourth-order valence-corrected chi connectivity index (χ4v) is 3.67. The zero-order chi connectivity index (χ0) is 21.1. The SMILES string of the molecule is COCCCn1c(CN2C(=O)/C(=N/OC(C)C)c3ccccc32)nc2ccccc21. The Bertz CT molecular complexity index is 1090. The van der Waals surface area contributed by atoms with Crippen molar-refractivity contribution in [1.82, 2.24) is 9.55 Å². The first kappa shape index (κ1) is 20.1. The average molecular weight is 406 g/mol. The third kappa shape index (κ3) is 3.80. The van der Waals surface area contributed by atoms with E-state index < -0.39 is 0 Å². The number of nitrogens with zero attached hydrogens (tertiary/aromatic N) is 4. The normalized spacial score (nSPS) is 14.9. The van der Waals surface area contributed by atoms with Crippen molar-refractivity contribution in [1.29, 1.82) is 0 Å². The van der Waals surface area contributed by atoms with E-state index in [1.165, 1.54) is 0 Å². The van der Waals surface area contributed by atoms with Crippen LogP contribution in [0.25, 0.3) is 11.0 Å². The summed E-state index contributed by atoms with van der Waals surface area (Å²) in [4.78, 5) is 25.2. The van der Waals surface area contributed by atoms with Crippen LogP contribution in [0.5, 0.6) is 0 Å². The van der Waals surface area contributed by atoms with Gasteiger partial charge < -0.3 is 14.1 Å². The molecule has 0 aliphatic carbocycles. The van der Waals surface area contributed by atoms with Crippen LogP contribution in [0.15, 0.2) is 53.7 Å². The van der Waals surface area contributed by atoms with Crippen LogP contribution in [0.4, 0.5) is 5.69 Å². The lowest BCUT2D eigenvalue weighted by Gasteiger charge is -2.18. The summed E-state index contributed by atoms with van der Waals surface area (Å²) in [6, 6.07) is 15.7. The maximum Gasteiger partial charge on any atom is 0.281 e. The molecule has 1 aliphatic rings. The molecule has 1 aromatic heterocycles. The molecule has 1 aliphatic heterocycles. The molecule has 3 aromatic rings. The molecule has 156 valence electrons. The third-order valence-corrected chi connectivity index (χ3v) is 5.02. The van der Waals surface area contributed by atoms with Crippen molar-refractivity contribution in [3.63, 3.8) is 0 Å².